The third-order valence-corrected chi connectivity index (χ3v) is 5.24. The standard InChI is InChI=1S/C21H25FN2O/c1-4-5-6-18(25)12-21(3)13-19-20(11-15(21)2)24(14-23-19)17-9-7-16(22)8-10-17/h4,7-11,14,18,25H,1,5-6,12-13H2,2-3H3/t18?,21-/m0/s1. The van der Waals surface area contributed by atoms with E-state index in [-0.39, 0.29) is 17.3 Å². The van der Waals surface area contributed by atoms with Gasteiger partial charge in [-0.2, -0.15) is 0 Å². The highest BCUT2D eigenvalue weighted by atomic mass is 19.1. The van der Waals surface area contributed by atoms with Crippen LogP contribution in [0, 0.1) is 11.2 Å². The smallest absolute Gasteiger partial charge is 0.123 e. The Hall–Kier alpha value is -2.20. The number of halogens is 1. The zero-order valence-corrected chi connectivity index (χ0v) is 14.9. The molecule has 1 aliphatic rings. The number of hydrogen-bond donors (Lipinski definition) is 1. The molecule has 0 radical (unpaired) electrons. The summed E-state index contributed by atoms with van der Waals surface area (Å²) in [4.78, 5) is 4.58. The number of allylic oxidation sites excluding steroid dienone is 2. The molecule has 0 amide bonds. The van der Waals surface area contributed by atoms with Gasteiger partial charge in [0.1, 0.15) is 5.82 Å². The van der Waals surface area contributed by atoms with E-state index in [0.717, 1.165) is 36.3 Å². The minimum atomic E-state index is -0.341. The number of aliphatic hydroxyl groups is 1. The summed E-state index contributed by atoms with van der Waals surface area (Å²) in [6.07, 6.45) is 8.52. The van der Waals surface area contributed by atoms with E-state index in [1.54, 1.807) is 18.5 Å². The minimum absolute atomic E-state index is 0.102. The molecule has 1 aromatic heterocycles. The summed E-state index contributed by atoms with van der Waals surface area (Å²) in [5, 5.41) is 10.3. The van der Waals surface area contributed by atoms with E-state index in [9.17, 15) is 9.50 Å². The van der Waals surface area contributed by atoms with Crippen molar-refractivity contribution in [2.75, 3.05) is 0 Å². The Kier molecular flexibility index (Phi) is 4.91. The highest BCUT2D eigenvalue weighted by molar-refractivity contribution is 5.59. The summed E-state index contributed by atoms with van der Waals surface area (Å²) < 4.78 is 15.2. The lowest BCUT2D eigenvalue weighted by atomic mass is 9.71. The molecule has 2 atom stereocenters. The molecule has 3 rings (SSSR count). The molecule has 0 aliphatic heterocycles. The van der Waals surface area contributed by atoms with Crippen LogP contribution < -0.4 is 0 Å². The first-order chi connectivity index (χ1) is 11.9. The van der Waals surface area contributed by atoms with E-state index in [1.165, 1.54) is 17.7 Å². The van der Waals surface area contributed by atoms with Crippen molar-refractivity contribution in [1.29, 1.82) is 0 Å². The zero-order valence-electron chi connectivity index (χ0n) is 14.9. The lowest BCUT2D eigenvalue weighted by Gasteiger charge is -2.35. The quantitative estimate of drug-likeness (QED) is 0.775. The molecule has 1 aromatic carbocycles. The Morgan fingerprint density at radius 2 is 2.12 bits per heavy atom. The van der Waals surface area contributed by atoms with Gasteiger partial charge in [-0.1, -0.05) is 18.6 Å². The first-order valence-electron chi connectivity index (χ1n) is 8.73. The van der Waals surface area contributed by atoms with E-state index in [2.05, 4.69) is 31.5 Å². The molecular weight excluding hydrogens is 315 g/mol. The second kappa shape index (κ2) is 6.96. The van der Waals surface area contributed by atoms with E-state index >= 15 is 0 Å². The SMILES string of the molecule is C=CCCC(O)C[C@@]1(C)Cc2ncn(-c3ccc(F)cc3)c2C=C1C. The van der Waals surface area contributed by atoms with Crippen molar-refractivity contribution in [2.45, 2.75) is 45.6 Å². The molecule has 2 aromatic rings. The average Bonchev–Trinajstić information content (AvgIpc) is 2.96. The molecule has 1 heterocycles. The van der Waals surface area contributed by atoms with E-state index < -0.39 is 0 Å². The number of benzene rings is 1. The van der Waals surface area contributed by atoms with Crippen LogP contribution in [0.5, 0.6) is 0 Å². The van der Waals surface area contributed by atoms with Gasteiger partial charge in [-0.25, -0.2) is 9.37 Å². The molecule has 132 valence electrons. The van der Waals surface area contributed by atoms with Gasteiger partial charge in [-0.3, -0.25) is 4.57 Å². The number of nitrogens with zero attached hydrogens (tertiary/aromatic N) is 2. The number of imidazole rings is 1. The van der Waals surface area contributed by atoms with E-state index in [1.807, 2.05) is 10.6 Å². The van der Waals surface area contributed by atoms with Gasteiger partial charge >= 0.3 is 0 Å². The van der Waals surface area contributed by atoms with Crippen molar-refractivity contribution < 1.29 is 9.50 Å². The van der Waals surface area contributed by atoms with Crippen LogP contribution in [0.4, 0.5) is 4.39 Å². The van der Waals surface area contributed by atoms with Crippen LogP contribution in [0.15, 0.2) is 48.8 Å². The minimum Gasteiger partial charge on any atom is -0.393 e. The molecule has 1 aliphatic carbocycles. The number of hydrogen-bond acceptors (Lipinski definition) is 2. The lowest BCUT2D eigenvalue weighted by Crippen LogP contribution is -2.30. The highest BCUT2D eigenvalue weighted by Gasteiger charge is 2.34. The van der Waals surface area contributed by atoms with Crippen LogP contribution in [-0.4, -0.2) is 20.8 Å². The Morgan fingerprint density at radius 1 is 1.40 bits per heavy atom. The fourth-order valence-electron chi connectivity index (χ4n) is 3.55. The maximum absolute atomic E-state index is 13.2. The second-order valence-electron chi connectivity index (χ2n) is 7.21. The van der Waals surface area contributed by atoms with Gasteiger partial charge in [0.2, 0.25) is 0 Å². The van der Waals surface area contributed by atoms with Crippen LogP contribution in [0.2, 0.25) is 0 Å². The monoisotopic (exact) mass is 340 g/mol. The second-order valence-corrected chi connectivity index (χ2v) is 7.21. The zero-order chi connectivity index (χ0) is 18.0. The van der Waals surface area contributed by atoms with Gasteiger partial charge in [0.05, 0.1) is 23.8 Å². The summed E-state index contributed by atoms with van der Waals surface area (Å²) in [6.45, 7) is 8.03. The fraction of sp³-hybridized carbons (Fsp3) is 0.381. The Morgan fingerprint density at radius 3 is 2.80 bits per heavy atom. The first kappa shape index (κ1) is 17.6. The maximum atomic E-state index is 13.2. The summed E-state index contributed by atoms with van der Waals surface area (Å²) in [5.41, 5.74) is 4.10. The van der Waals surface area contributed by atoms with E-state index in [4.69, 9.17) is 0 Å². The lowest BCUT2D eigenvalue weighted by molar-refractivity contribution is 0.112. The van der Waals surface area contributed by atoms with Crippen molar-refractivity contribution in [3.63, 3.8) is 0 Å². The number of aliphatic hydroxyl groups excluding tert-OH is 1. The average molecular weight is 340 g/mol. The van der Waals surface area contributed by atoms with Crippen molar-refractivity contribution >= 4 is 6.08 Å². The van der Waals surface area contributed by atoms with Gasteiger partial charge in [-0.15, -0.1) is 6.58 Å². The maximum Gasteiger partial charge on any atom is 0.123 e. The van der Waals surface area contributed by atoms with Gasteiger partial charge in [0.15, 0.2) is 0 Å². The third-order valence-electron chi connectivity index (χ3n) is 5.24. The van der Waals surface area contributed by atoms with Gasteiger partial charge in [-0.05, 0) is 61.9 Å². The van der Waals surface area contributed by atoms with Gasteiger partial charge < -0.3 is 5.11 Å². The normalized spacial score (nSPS) is 20.7. The van der Waals surface area contributed by atoms with Gasteiger partial charge in [0.25, 0.3) is 0 Å². The molecule has 0 fully saturated rings. The van der Waals surface area contributed by atoms with Crippen LogP contribution in [-0.2, 0) is 6.42 Å². The summed E-state index contributed by atoms with van der Waals surface area (Å²) >= 11 is 0. The Bertz CT molecular complexity index is 791. The molecule has 0 saturated carbocycles. The van der Waals surface area contributed by atoms with Crippen molar-refractivity contribution in [1.82, 2.24) is 9.55 Å². The largest absolute Gasteiger partial charge is 0.393 e. The molecular formula is C21H25FN2O. The molecule has 3 nitrogen and oxygen atoms in total. The van der Waals surface area contributed by atoms with Crippen molar-refractivity contribution in [2.24, 2.45) is 5.41 Å². The van der Waals surface area contributed by atoms with Crippen molar-refractivity contribution in [3.8, 4) is 5.69 Å². The summed E-state index contributed by atoms with van der Waals surface area (Å²) in [5.74, 6) is -0.245. The summed E-state index contributed by atoms with van der Waals surface area (Å²) in [7, 11) is 0. The van der Waals surface area contributed by atoms with Crippen LogP contribution in [0.3, 0.4) is 0 Å². The molecule has 1 unspecified atom stereocenters. The van der Waals surface area contributed by atoms with Crippen LogP contribution in [0.25, 0.3) is 11.8 Å². The topological polar surface area (TPSA) is 38.1 Å². The van der Waals surface area contributed by atoms with Crippen molar-refractivity contribution in [3.05, 3.63) is 66.0 Å². The molecule has 0 bridgehead atoms. The molecule has 0 spiro atoms. The number of rotatable bonds is 6. The van der Waals surface area contributed by atoms with Gasteiger partial charge in [0, 0.05) is 12.1 Å². The van der Waals surface area contributed by atoms with Crippen LogP contribution >= 0.6 is 0 Å². The summed E-state index contributed by atoms with van der Waals surface area (Å²) in [6, 6.07) is 6.43. The van der Waals surface area contributed by atoms with E-state index in [0.29, 0.717) is 6.42 Å². The molecule has 0 saturated heterocycles. The number of fused-ring (bicyclic) bond motifs is 1. The third kappa shape index (κ3) is 3.59. The molecule has 25 heavy (non-hydrogen) atoms. The van der Waals surface area contributed by atoms with Crippen LogP contribution in [0.1, 0.15) is 44.5 Å². The number of aromatic nitrogens is 2. The Balaban J connectivity index is 1.86. The molecule has 1 N–H and O–H groups in total. The Labute approximate surface area is 148 Å². The predicted molar refractivity (Wildman–Crippen MR) is 99.0 cm³/mol. The molecule has 4 heteroatoms. The highest BCUT2D eigenvalue weighted by Crippen LogP contribution is 2.42. The first-order valence-corrected chi connectivity index (χ1v) is 8.73. The fourth-order valence-corrected chi connectivity index (χ4v) is 3.55. The predicted octanol–water partition coefficient (Wildman–Crippen LogP) is 4.69.